The molecule has 0 spiro atoms. The Bertz CT molecular complexity index is 544. The molecular formula is C30H58N2O8. The van der Waals surface area contributed by atoms with Crippen LogP contribution in [0.1, 0.15) is 89.9 Å². The summed E-state index contributed by atoms with van der Waals surface area (Å²) in [6.07, 6.45) is 18.3. The SMILES string of the molecule is O=C(CCCCCCC/C=C/CCCCCCCC(=O)OCCN(CCO)CCO)OCCN(CCO)CCO. The molecular weight excluding hydrogens is 516 g/mol. The Morgan fingerprint density at radius 1 is 0.475 bits per heavy atom. The molecule has 0 aromatic heterocycles. The van der Waals surface area contributed by atoms with E-state index in [1.54, 1.807) is 0 Å². The van der Waals surface area contributed by atoms with Crippen LogP contribution in [0.2, 0.25) is 0 Å². The first-order chi connectivity index (χ1) is 19.6. The Labute approximate surface area is 242 Å². The smallest absolute Gasteiger partial charge is 0.305 e. The van der Waals surface area contributed by atoms with Crippen LogP contribution < -0.4 is 0 Å². The predicted octanol–water partition coefficient (Wildman–Crippen LogP) is 2.66. The van der Waals surface area contributed by atoms with Gasteiger partial charge in [0, 0.05) is 52.1 Å². The molecule has 0 aromatic rings. The standard InChI is InChI=1S/C30H58N2O8/c33-23-17-31(18-24-34)21-27-39-29(37)15-13-11-9-7-5-3-1-2-4-6-8-10-12-14-16-30(38)40-28-22-32(19-25-35)20-26-36/h1-2,33-36H,3-28H2/b2-1+. The minimum absolute atomic E-state index is 0.0231. The average Bonchev–Trinajstić information content (AvgIpc) is 2.93. The van der Waals surface area contributed by atoms with Crippen molar-refractivity contribution in [2.75, 3.05) is 78.9 Å². The number of hydrogen-bond acceptors (Lipinski definition) is 10. The molecule has 0 radical (unpaired) electrons. The molecule has 0 aliphatic carbocycles. The summed E-state index contributed by atoms with van der Waals surface area (Å²) in [4.78, 5) is 27.4. The zero-order chi connectivity index (χ0) is 29.5. The highest BCUT2D eigenvalue weighted by Crippen LogP contribution is 2.11. The fourth-order valence-electron chi connectivity index (χ4n) is 4.32. The summed E-state index contributed by atoms with van der Waals surface area (Å²) in [5.41, 5.74) is 0. The Kier molecular flexibility index (Phi) is 29.2. The average molecular weight is 575 g/mol. The molecule has 0 aliphatic heterocycles. The number of carbonyl (C=O) groups is 2. The number of aliphatic hydroxyl groups is 4. The van der Waals surface area contributed by atoms with Gasteiger partial charge >= 0.3 is 11.9 Å². The summed E-state index contributed by atoms with van der Waals surface area (Å²) in [7, 11) is 0. The van der Waals surface area contributed by atoms with E-state index in [9.17, 15) is 9.59 Å². The topological polar surface area (TPSA) is 140 Å². The highest BCUT2D eigenvalue weighted by Gasteiger charge is 2.08. The summed E-state index contributed by atoms with van der Waals surface area (Å²) in [5.74, 6) is -0.349. The second kappa shape index (κ2) is 30.4. The number of esters is 2. The predicted molar refractivity (Wildman–Crippen MR) is 157 cm³/mol. The lowest BCUT2D eigenvalue weighted by molar-refractivity contribution is -0.145. The lowest BCUT2D eigenvalue weighted by Gasteiger charge is -2.19. The van der Waals surface area contributed by atoms with E-state index in [-0.39, 0.29) is 38.4 Å². The van der Waals surface area contributed by atoms with Crippen LogP contribution in [-0.2, 0) is 19.1 Å². The number of carbonyl (C=O) groups excluding carboxylic acids is 2. The fraction of sp³-hybridized carbons (Fsp3) is 0.867. The minimum atomic E-state index is -0.174. The zero-order valence-corrected chi connectivity index (χ0v) is 24.9. The number of aliphatic hydroxyl groups excluding tert-OH is 4. The molecule has 236 valence electrons. The van der Waals surface area contributed by atoms with Gasteiger partial charge in [0.1, 0.15) is 13.2 Å². The van der Waals surface area contributed by atoms with Crippen molar-refractivity contribution in [2.24, 2.45) is 0 Å². The van der Waals surface area contributed by atoms with E-state index < -0.39 is 0 Å². The van der Waals surface area contributed by atoms with E-state index in [2.05, 4.69) is 12.2 Å². The summed E-state index contributed by atoms with van der Waals surface area (Å²) in [6, 6.07) is 0. The first kappa shape index (κ1) is 38.4. The van der Waals surface area contributed by atoms with Gasteiger partial charge in [0.05, 0.1) is 26.4 Å². The van der Waals surface area contributed by atoms with E-state index in [1.165, 1.54) is 25.7 Å². The second-order valence-corrected chi connectivity index (χ2v) is 10.1. The van der Waals surface area contributed by atoms with Crippen LogP contribution in [0.15, 0.2) is 12.2 Å². The van der Waals surface area contributed by atoms with Gasteiger partial charge in [-0.05, 0) is 38.5 Å². The van der Waals surface area contributed by atoms with Crippen molar-refractivity contribution in [1.82, 2.24) is 9.80 Å². The molecule has 0 heterocycles. The molecule has 40 heavy (non-hydrogen) atoms. The molecule has 0 atom stereocenters. The van der Waals surface area contributed by atoms with Gasteiger partial charge in [-0.1, -0.05) is 50.7 Å². The fourth-order valence-corrected chi connectivity index (χ4v) is 4.32. The summed E-state index contributed by atoms with van der Waals surface area (Å²) >= 11 is 0. The lowest BCUT2D eigenvalue weighted by Crippen LogP contribution is -2.33. The van der Waals surface area contributed by atoms with E-state index in [1.807, 2.05) is 9.80 Å². The molecule has 0 bridgehead atoms. The van der Waals surface area contributed by atoms with E-state index in [0.717, 1.165) is 51.4 Å². The van der Waals surface area contributed by atoms with Crippen molar-refractivity contribution in [3.63, 3.8) is 0 Å². The summed E-state index contributed by atoms with van der Waals surface area (Å²) in [5, 5.41) is 35.9. The first-order valence-electron chi connectivity index (χ1n) is 15.4. The Morgan fingerprint density at radius 2 is 0.800 bits per heavy atom. The van der Waals surface area contributed by atoms with Crippen molar-refractivity contribution < 1.29 is 39.5 Å². The maximum absolute atomic E-state index is 11.8. The van der Waals surface area contributed by atoms with E-state index >= 15 is 0 Å². The molecule has 10 nitrogen and oxygen atoms in total. The van der Waals surface area contributed by atoms with E-state index in [0.29, 0.717) is 65.3 Å². The summed E-state index contributed by atoms with van der Waals surface area (Å²) < 4.78 is 10.5. The van der Waals surface area contributed by atoms with Crippen molar-refractivity contribution in [2.45, 2.75) is 89.9 Å². The molecule has 0 rings (SSSR count). The Hall–Kier alpha value is -1.56. The maximum Gasteiger partial charge on any atom is 0.305 e. The van der Waals surface area contributed by atoms with E-state index in [4.69, 9.17) is 29.9 Å². The third-order valence-corrected chi connectivity index (χ3v) is 6.68. The van der Waals surface area contributed by atoms with Crippen molar-refractivity contribution in [1.29, 1.82) is 0 Å². The first-order valence-corrected chi connectivity index (χ1v) is 15.4. The molecule has 4 N–H and O–H groups in total. The molecule has 0 aliphatic rings. The zero-order valence-electron chi connectivity index (χ0n) is 24.9. The third-order valence-electron chi connectivity index (χ3n) is 6.68. The molecule has 0 aromatic carbocycles. The number of ether oxygens (including phenoxy) is 2. The molecule has 10 heteroatoms. The number of unbranched alkanes of at least 4 members (excludes halogenated alkanes) is 10. The highest BCUT2D eigenvalue weighted by molar-refractivity contribution is 5.69. The van der Waals surface area contributed by atoms with Crippen LogP contribution in [0, 0.1) is 0 Å². The number of hydrogen-bond donors (Lipinski definition) is 4. The van der Waals surface area contributed by atoms with Crippen LogP contribution in [0.25, 0.3) is 0 Å². The van der Waals surface area contributed by atoms with Gasteiger partial charge in [-0.2, -0.15) is 0 Å². The third kappa shape index (κ3) is 26.7. The van der Waals surface area contributed by atoms with Crippen LogP contribution in [0.3, 0.4) is 0 Å². The van der Waals surface area contributed by atoms with Crippen molar-refractivity contribution in [3.05, 3.63) is 12.2 Å². The molecule has 0 fully saturated rings. The molecule has 0 saturated carbocycles. The normalized spacial score (nSPS) is 11.7. The molecule has 0 unspecified atom stereocenters. The van der Waals surface area contributed by atoms with Crippen LogP contribution in [-0.4, -0.2) is 121 Å². The quantitative estimate of drug-likeness (QED) is 0.0575. The second-order valence-electron chi connectivity index (χ2n) is 10.1. The Morgan fingerprint density at radius 3 is 1.15 bits per heavy atom. The highest BCUT2D eigenvalue weighted by atomic mass is 16.5. The monoisotopic (exact) mass is 574 g/mol. The molecule has 0 amide bonds. The van der Waals surface area contributed by atoms with Gasteiger partial charge in [-0.3, -0.25) is 19.4 Å². The van der Waals surface area contributed by atoms with Gasteiger partial charge in [0.25, 0.3) is 0 Å². The number of nitrogens with zero attached hydrogens (tertiary/aromatic N) is 2. The van der Waals surface area contributed by atoms with Gasteiger partial charge in [0.2, 0.25) is 0 Å². The largest absolute Gasteiger partial charge is 0.464 e. The van der Waals surface area contributed by atoms with Gasteiger partial charge < -0.3 is 29.9 Å². The lowest BCUT2D eigenvalue weighted by atomic mass is 10.1. The van der Waals surface area contributed by atoms with Gasteiger partial charge in [0.15, 0.2) is 0 Å². The van der Waals surface area contributed by atoms with Crippen molar-refractivity contribution in [3.8, 4) is 0 Å². The maximum atomic E-state index is 11.8. The van der Waals surface area contributed by atoms with Crippen LogP contribution in [0.5, 0.6) is 0 Å². The van der Waals surface area contributed by atoms with Crippen molar-refractivity contribution >= 4 is 11.9 Å². The summed E-state index contributed by atoms with van der Waals surface area (Å²) in [6.45, 7) is 3.61. The number of rotatable bonds is 30. The number of allylic oxidation sites excluding steroid dienone is 2. The van der Waals surface area contributed by atoms with Gasteiger partial charge in [-0.15, -0.1) is 0 Å². The Balaban J connectivity index is 3.45. The van der Waals surface area contributed by atoms with Crippen LogP contribution in [0.4, 0.5) is 0 Å². The minimum Gasteiger partial charge on any atom is -0.464 e. The molecule has 0 saturated heterocycles. The van der Waals surface area contributed by atoms with Gasteiger partial charge in [-0.25, -0.2) is 0 Å². The van der Waals surface area contributed by atoms with Crippen LogP contribution >= 0.6 is 0 Å².